The standard InChI is InChI=1S/C30H34N2O6S/c1-7-8-15-37-22-12-10-21(11-13-22)27-26(29(34)38-18(2)3)19(4)31-30-32(27)28(33)25(39-30)17-20-9-14-23(35-5)24(16-20)36-6/h9-14,16-18,27H,7-8,15H2,1-6H3. The lowest BCUT2D eigenvalue weighted by Gasteiger charge is -2.25. The van der Waals surface area contributed by atoms with Crippen LogP contribution < -0.4 is 29.1 Å². The Morgan fingerprint density at radius 3 is 2.46 bits per heavy atom. The molecule has 8 nitrogen and oxygen atoms in total. The molecule has 2 aromatic carbocycles. The summed E-state index contributed by atoms with van der Waals surface area (Å²) >= 11 is 1.27. The number of ether oxygens (including phenoxy) is 4. The summed E-state index contributed by atoms with van der Waals surface area (Å²) in [4.78, 5) is 32.3. The Labute approximate surface area is 231 Å². The SMILES string of the molecule is CCCCOc1ccc(C2C(C(=O)OC(C)C)=C(C)N=c3sc(=Cc4ccc(OC)c(OC)c4)c(=O)n32)cc1. The summed E-state index contributed by atoms with van der Waals surface area (Å²) in [5, 5.41) is 0. The van der Waals surface area contributed by atoms with Crippen LogP contribution in [-0.4, -0.2) is 37.5 Å². The van der Waals surface area contributed by atoms with E-state index in [9.17, 15) is 9.59 Å². The second kappa shape index (κ2) is 12.3. The van der Waals surface area contributed by atoms with Crippen molar-refractivity contribution in [2.24, 2.45) is 4.99 Å². The van der Waals surface area contributed by atoms with Crippen LogP contribution in [0.1, 0.15) is 57.7 Å². The molecule has 1 atom stereocenters. The van der Waals surface area contributed by atoms with Gasteiger partial charge in [0.1, 0.15) is 5.75 Å². The van der Waals surface area contributed by atoms with Gasteiger partial charge in [-0.1, -0.05) is 42.9 Å². The second-order valence-corrected chi connectivity index (χ2v) is 10.4. The van der Waals surface area contributed by atoms with Gasteiger partial charge in [0.2, 0.25) is 0 Å². The number of hydrogen-bond donors (Lipinski definition) is 0. The minimum atomic E-state index is -0.690. The number of hydrogen-bond acceptors (Lipinski definition) is 8. The number of methoxy groups -OCH3 is 2. The first-order valence-corrected chi connectivity index (χ1v) is 13.8. The van der Waals surface area contributed by atoms with E-state index >= 15 is 0 Å². The zero-order chi connectivity index (χ0) is 28.1. The van der Waals surface area contributed by atoms with Gasteiger partial charge >= 0.3 is 5.97 Å². The topological polar surface area (TPSA) is 88.4 Å². The number of esters is 1. The number of nitrogens with zero attached hydrogens (tertiary/aromatic N) is 2. The van der Waals surface area contributed by atoms with Gasteiger partial charge in [-0.3, -0.25) is 9.36 Å². The maximum Gasteiger partial charge on any atom is 0.338 e. The molecule has 0 saturated carbocycles. The monoisotopic (exact) mass is 550 g/mol. The minimum Gasteiger partial charge on any atom is -0.494 e. The molecule has 0 N–H and O–H groups in total. The zero-order valence-corrected chi connectivity index (χ0v) is 24.0. The molecule has 1 aromatic heterocycles. The highest BCUT2D eigenvalue weighted by Gasteiger charge is 2.33. The average Bonchev–Trinajstić information content (AvgIpc) is 3.21. The highest BCUT2D eigenvalue weighted by atomic mass is 32.1. The zero-order valence-electron chi connectivity index (χ0n) is 23.1. The highest BCUT2D eigenvalue weighted by Crippen LogP contribution is 2.32. The fourth-order valence-corrected chi connectivity index (χ4v) is 5.40. The molecule has 4 rings (SSSR count). The van der Waals surface area contributed by atoms with Crippen LogP contribution in [0.5, 0.6) is 17.2 Å². The van der Waals surface area contributed by atoms with Crippen molar-refractivity contribution in [1.29, 1.82) is 0 Å². The van der Waals surface area contributed by atoms with Crippen LogP contribution in [0.4, 0.5) is 0 Å². The molecular weight excluding hydrogens is 516 g/mol. The van der Waals surface area contributed by atoms with Crippen LogP contribution in [0.3, 0.4) is 0 Å². The first-order valence-electron chi connectivity index (χ1n) is 13.0. The van der Waals surface area contributed by atoms with Crippen molar-refractivity contribution < 1.29 is 23.7 Å². The molecule has 0 fully saturated rings. The Morgan fingerprint density at radius 2 is 1.82 bits per heavy atom. The van der Waals surface area contributed by atoms with E-state index in [1.165, 1.54) is 11.3 Å². The van der Waals surface area contributed by atoms with Crippen LogP contribution >= 0.6 is 11.3 Å². The minimum absolute atomic E-state index is 0.246. The van der Waals surface area contributed by atoms with Crippen molar-refractivity contribution in [3.05, 3.63) is 84.5 Å². The number of thiazole rings is 1. The van der Waals surface area contributed by atoms with E-state index in [1.807, 2.05) is 36.4 Å². The number of unbranched alkanes of at least 4 members (excludes halogenated alkanes) is 1. The Balaban J connectivity index is 1.84. The Morgan fingerprint density at radius 1 is 1.10 bits per heavy atom. The molecule has 1 unspecified atom stereocenters. The second-order valence-electron chi connectivity index (χ2n) is 9.42. The fraction of sp³-hybridized carbons (Fsp3) is 0.367. The lowest BCUT2D eigenvalue weighted by Crippen LogP contribution is -2.40. The van der Waals surface area contributed by atoms with Crippen molar-refractivity contribution in [2.45, 2.75) is 52.7 Å². The molecule has 1 aliphatic heterocycles. The van der Waals surface area contributed by atoms with Crippen molar-refractivity contribution in [3.63, 3.8) is 0 Å². The normalized spacial score (nSPS) is 15.2. The molecule has 0 saturated heterocycles. The van der Waals surface area contributed by atoms with E-state index in [1.54, 1.807) is 51.7 Å². The van der Waals surface area contributed by atoms with Gasteiger partial charge in [-0.25, -0.2) is 9.79 Å². The lowest BCUT2D eigenvalue weighted by atomic mass is 9.96. The van der Waals surface area contributed by atoms with E-state index in [0.29, 0.717) is 38.7 Å². The molecule has 0 bridgehead atoms. The number of rotatable bonds is 10. The van der Waals surface area contributed by atoms with Crippen LogP contribution in [0.15, 0.2) is 63.5 Å². The van der Waals surface area contributed by atoms with E-state index < -0.39 is 12.0 Å². The molecule has 206 valence electrons. The van der Waals surface area contributed by atoms with Crippen molar-refractivity contribution in [2.75, 3.05) is 20.8 Å². The van der Waals surface area contributed by atoms with Gasteiger partial charge in [0, 0.05) is 0 Å². The lowest BCUT2D eigenvalue weighted by molar-refractivity contribution is -0.143. The van der Waals surface area contributed by atoms with Crippen LogP contribution in [0.2, 0.25) is 0 Å². The number of carbonyl (C=O) groups is 1. The largest absolute Gasteiger partial charge is 0.494 e. The van der Waals surface area contributed by atoms with E-state index in [4.69, 9.17) is 18.9 Å². The number of allylic oxidation sites excluding steroid dienone is 1. The van der Waals surface area contributed by atoms with Crippen molar-refractivity contribution >= 4 is 23.4 Å². The summed E-state index contributed by atoms with van der Waals surface area (Å²) in [6, 6.07) is 12.3. The van der Waals surface area contributed by atoms with E-state index in [2.05, 4.69) is 11.9 Å². The Hall–Kier alpha value is -3.85. The fourth-order valence-electron chi connectivity index (χ4n) is 4.35. The third-order valence-electron chi connectivity index (χ3n) is 6.25. The molecule has 3 aromatic rings. The first-order chi connectivity index (χ1) is 18.8. The summed E-state index contributed by atoms with van der Waals surface area (Å²) in [5.41, 5.74) is 2.16. The smallest absolute Gasteiger partial charge is 0.338 e. The number of aromatic nitrogens is 1. The third-order valence-corrected chi connectivity index (χ3v) is 7.24. The van der Waals surface area contributed by atoms with E-state index in [-0.39, 0.29) is 11.7 Å². The molecule has 2 heterocycles. The predicted molar refractivity (Wildman–Crippen MR) is 151 cm³/mol. The first kappa shape index (κ1) is 28.2. The van der Waals surface area contributed by atoms with Crippen LogP contribution in [0.25, 0.3) is 6.08 Å². The van der Waals surface area contributed by atoms with Gasteiger partial charge in [-0.05, 0) is 68.7 Å². The van der Waals surface area contributed by atoms with Gasteiger partial charge in [-0.2, -0.15) is 0 Å². The van der Waals surface area contributed by atoms with Crippen LogP contribution in [0, 0.1) is 0 Å². The summed E-state index contributed by atoms with van der Waals surface area (Å²) in [6.45, 7) is 8.11. The number of benzene rings is 2. The summed E-state index contributed by atoms with van der Waals surface area (Å²) in [5.74, 6) is 1.41. The molecule has 0 radical (unpaired) electrons. The molecule has 0 aliphatic carbocycles. The molecular formula is C30H34N2O6S. The third kappa shape index (κ3) is 6.09. The Kier molecular flexibility index (Phi) is 8.91. The summed E-state index contributed by atoms with van der Waals surface area (Å²) in [6.07, 6.45) is 3.48. The molecule has 9 heteroatoms. The molecule has 0 spiro atoms. The van der Waals surface area contributed by atoms with Gasteiger partial charge in [-0.15, -0.1) is 0 Å². The predicted octanol–water partition coefficient (Wildman–Crippen LogP) is 4.38. The molecule has 1 aliphatic rings. The Bertz CT molecular complexity index is 1550. The number of fused-ring (bicyclic) bond motifs is 1. The van der Waals surface area contributed by atoms with Crippen molar-refractivity contribution in [3.8, 4) is 17.2 Å². The van der Waals surface area contributed by atoms with Crippen molar-refractivity contribution in [1.82, 2.24) is 4.57 Å². The summed E-state index contributed by atoms with van der Waals surface area (Å²) in [7, 11) is 3.14. The van der Waals surface area contributed by atoms with Crippen LogP contribution in [-0.2, 0) is 9.53 Å². The molecule has 39 heavy (non-hydrogen) atoms. The maximum atomic E-state index is 13.8. The molecule has 0 amide bonds. The van der Waals surface area contributed by atoms with Gasteiger partial charge in [0.25, 0.3) is 5.56 Å². The van der Waals surface area contributed by atoms with Gasteiger partial charge in [0.05, 0.1) is 48.8 Å². The quantitative estimate of drug-likeness (QED) is 0.275. The average molecular weight is 551 g/mol. The van der Waals surface area contributed by atoms with Gasteiger partial charge in [0.15, 0.2) is 16.3 Å². The highest BCUT2D eigenvalue weighted by molar-refractivity contribution is 7.07. The van der Waals surface area contributed by atoms with E-state index in [0.717, 1.165) is 29.7 Å². The van der Waals surface area contributed by atoms with Gasteiger partial charge < -0.3 is 18.9 Å². The maximum absolute atomic E-state index is 13.8. The summed E-state index contributed by atoms with van der Waals surface area (Å²) < 4.78 is 24.2. The number of carbonyl (C=O) groups excluding carboxylic acids is 1.